The van der Waals surface area contributed by atoms with Crippen LogP contribution in [0.4, 0.5) is 0 Å². The van der Waals surface area contributed by atoms with Crippen LogP contribution in [0.3, 0.4) is 0 Å². The minimum absolute atomic E-state index is 0.345. The van der Waals surface area contributed by atoms with Crippen molar-refractivity contribution in [2.75, 3.05) is 19.8 Å². The lowest BCUT2D eigenvalue weighted by Crippen LogP contribution is -2.34. The molecule has 3 heteroatoms. The fraction of sp³-hybridized carbons (Fsp3) is 0.333. The Hall–Kier alpha value is -1.32. The molecule has 78 valence electrons. The largest absolute Gasteiger partial charge is 0.378 e. The maximum Gasteiger partial charge on any atom is 0.0662 e. The van der Waals surface area contributed by atoms with Gasteiger partial charge in [-0.15, -0.1) is 0 Å². The molecule has 0 amide bonds. The first kappa shape index (κ1) is 8.95. The topological polar surface area (TPSA) is 37.0 Å². The molecular weight excluding hydrogens is 188 g/mol. The van der Waals surface area contributed by atoms with Crippen LogP contribution in [0.5, 0.6) is 0 Å². The molecule has 3 rings (SSSR count). The van der Waals surface area contributed by atoms with Crippen molar-refractivity contribution in [3.05, 3.63) is 36.0 Å². The first-order valence-corrected chi connectivity index (χ1v) is 5.32. The number of rotatable bonds is 1. The number of aromatic amines is 1. The third kappa shape index (κ3) is 1.64. The Balaban J connectivity index is 1.95. The molecule has 1 saturated heterocycles. The van der Waals surface area contributed by atoms with Crippen LogP contribution in [-0.4, -0.2) is 24.7 Å². The van der Waals surface area contributed by atoms with E-state index >= 15 is 0 Å². The molecule has 1 aromatic heterocycles. The van der Waals surface area contributed by atoms with Crippen molar-refractivity contribution < 1.29 is 4.74 Å². The highest BCUT2D eigenvalue weighted by atomic mass is 16.5. The van der Waals surface area contributed by atoms with Crippen molar-refractivity contribution in [3.8, 4) is 0 Å². The molecule has 0 bridgehead atoms. The van der Waals surface area contributed by atoms with E-state index in [1.165, 1.54) is 16.5 Å². The molecule has 2 aromatic rings. The minimum atomic E-state index is 0.345. The van der Waals surface area contributed by atoms with Crippen molar-refractivity contribution in [2.24, 2.45) is 0 Å². The Morgan fingerprint density at radius 2 is 2.27 bits per heavy atom. The summed E-state index contributed by atoms with van der Waals surface area (Å²) in [5, 5.41) is 4.72. The zero-order valence-corrected chi connectivity index (χ0v) is 8.49. The Morgan fingerprint density at radius 3 is 3.13 bits per heavy atom. The van der Waals surface area contributed by atoms with Crippen LogP contribution in [0, 0.1) is 0 Å². The monoisotopic (exact) mass is 202 g/mol. The van der Waals surface area contributed by atoms with Crippen LogP contribution < -0.4 is 5.32 Å². The fourth-order valence-electron chi connectivity index (χ4n) is 2.07. The molecule has 0 aliphatic carbocycles. The third-order valence-corrected chi connectivity index (χ3v) is 2.90. The minimum Gasteiger partial charge on any atom is -0.378 e. The molecule has 3 nitrogen and oxygen atoms in total. The molecule has 0 saturated carbocycles. The van der Waals surface area contributed by atoms with E-state index in [4.69, 9.17) is 4.74 Å². The summed E-state index contributed by atoms with van der Waals surface area (Å²) < 4.78 is 5.46. The van der Waals surface area contributed by atoms with Gasteiger partial charge in [0.2, 0.25) is 0 Å². The number of aromatic nitrogens is 1. The lowest BCUT2D eigenvalue weighted by Gasteiger charge is -2.24. The molecule has 0 spiro atoms. The summed E-state index contributed by atoms with van der Waals surface area (Å²) >= 11 is 0. The van der Waals surface area contributed by atoms with E-state index in [1.807, 2.05) is 6.20 Å². The maximum atomic E-state index is 5.46. The van der Waals surface area contributed by atoms with Gasteiger partial charge >= 0.3 is 0 Å². The van der Waals surface area contributed by atoms with E-state index in [0.29, 0.717) is 6.04 Å². The van der Waals surface area contributed by atoms with E-state index in [1.54, 1.807) is 0 Å². The number of fused-ring (bicyclic) bond motifs is 1. The third-order valence-electron chi connectivity index (χ3n) is 2.90. The van der Waals surface area contributed by atoms with Crippen LogP contribution in [0.15, 0.2) is 30.5 Å². The zero-order valence-electron chi connectivity index (χ0n) is 8.49. The van der Waals surface area contributed by atoms with Crippen LogP contribution in [0.25, 0.3) is 10.9 Å². The van der Waals surface area contributed by atoms with Crippen molar-refractivity contribution in [1.82, 2.24) is 10.3 Å². The summed E-state index contributed by atoms with van der Waals surface area (Å²) in [5.74, 6) is 0. The molecule has 15 heavy (non-hydrogen) atoms. The predicted molar refractivity (Wildman–Crippen MR) is 59.9 cm³/mol. The first-order valence-electron chi connectivity index (χ1n) is 5.32. The van der Waals surface area contributed by atoms with Crippen LogP contribution >= 0.6 is 0 Å². The molecule has 0 unspecified atom stereocenters. The number of morpholine rings is 1. The SMILES string of the molecule is c1cc2cc([C@H]3COCCN3)ccc2[nH]1. The molecule has 2 N–H and O–H groups in total. The molecule has 1 atom stereocenters. The first-order chi connectivity index (χ1) is 7.43. The maximum absolute atomic E-state index is 5.46. The van der Waals surface area contributed by atoms with Gasteiger partial charge < -0.3 is 15.0 Å². The average Bonchev–Trinajstić information content (AvgIpc) is 2.77. The second-order valence-electron chi connectivity index (χ2n) is 3.91. The lowest BCUT2D eigenvalue weighted by atomic mass is 10.1. The predicted octanol–water partition coefficient (Wildman–Crippen LogP) is 1.83. The second kappa shape index (κ2) is 3.68. The molecule has 1 aliphatic rings. The number of H-pyrrole nitrogens is 1. The van der Waals surface area contributed by atoms with E-state index in [-0.39, 0.29) is 0 Å². The lowest BCUT2D eigenvalue weighted by molar-refractivity contribution is 0.0769. The molecular formula is C12H14N2O. The highest BCUT2D eigenvalue weighted by Gasteiger charge is 2.15. The van der Waals surface area contributed by atoms with Gasteiger partial charge in [-0.3, -0.25) is 0 Å². The van der Waals surface area contributed by atoms with Gasteiger partial charge in [0.1, 0.15) is 0 Å². The van der Waals surface area contributed by atoms with Crippen LogP contribution in [-0.2, 0) is 4.74 Å². The number of nitrogens with one attached hydrogen (secondary N) is 2. The van der Waals surface area contributed by atoms with E-state index < -0.39 is 0 Å². The Kier molecular flexibility index (Phi) is 2.19. The molecule has 1 aromatic carbocycles. The summed E-state index contributed by atoms with van der Waals surface area (Å²) in [6, 6.07) is 8.95. The molecule has 1 fully saturated rings. The normalized spacial score (nSPS) is 22.0. The number of ether oxygens (including phenoxy) is 1. The van der Waals surface area contributed by atoms with Gasteiger partial charge in [0, 0.05) is 18.3 Å². The molecule has 1 aliphatic heterocycles. The van der Waals surface area contributed by atoms with Crippen molar-refractivity contribution in [1.29, 1.82) is 0 Å². The summed E-state index contributed by atoms with van der Waals surface area (Å²) in [6.07, 6.45) is 1.97. The second-order valence-corrected chi connectivity index (χ2v) is 3.91. The highest BCUT2D eigenvalue weighted by molar-refractivity contribution is 5.80. The summed E-state index contributed by atoms with van der Waals surface area (Å²) in [5.41, 5.74) is 2.50. The van der Waals surface area contributed by atoms with E-state index in [0.717, 1.165) is 19.8 Å². The number of hydrogen-bond donors (Lipinski definition) is 2. The molecule has 0 radical (unpaired) electrons. The van der Waals surface area contributed by atoms with Crippen molar-refractivity contribution in [2.45, 2.75) is 6.04 Å². The summed E-state index contributed by atoms with van der Waals surface area (Å²) in [7, 11) is 0. The summed E-state index contributed by atoms with van der Waals surface area (Å²) in [4.78, 5) is 3.20. The van der Waals surface area contributed by atoms with Gasteiger partial charge in [0.25, 0.3) is 0 Å². The Bertz CT molecular complexity index is 457. The van der Waals surface area contributed by atoms with Gasteiger partial charge in [-0.05, 0) is 29.1 Å². The van der Waals surface area contributed by atoms with E-state index in [2.05, 4.69) is 34.6 Å². The van der Waals surface area contributed by atoms with Gasteiger partial charge in [0.15, 0.2) is 0 Å². The quantitative estimate of drug-likeness (QED) is 0.740. The smallest absolute Gasteiger partial charge is 0.0662 e. The van der Waals surface area contributed by atoms with Crippen LogP contribution in [0.2, 0.25) is 0 Å². The van der Waals surface area contributed by atoms with E-state index in [9.17, 15) is 0 Å². The van der Waals surface area contributed by atoms with Crippen molar-refractivity contribution >= 4 is 10.9 Å². The van der Waals surface area contributed by atoms with Crippen molar-refractivity contribution in [3.63, 3.8) is 0 Å². The molecule has 2 heterocycles. The zero-order chi connectivity index (χ0) is 10.1. The number of hydrogen-bond acceptors (Lipinski definition) is 2. The number of benzene rings is 1. The van der Waals surface area contributed by atoms with Gasteiger partial charge in [0.05, 0.1) is 19.3 Å². The Labute approximate surface area is 88.4 Å². The fourth-order valence-corrected chi connectivity index (χ4v) is 2.07. The van der Waals surface area contributed by atoms with Gasteiger partial charge in [-0.1, -0.05) is 6.07 Å². The van der Waals surface area contributed by atoms with Gasteiger partial charge in [-0.25, -0.2) is 0 Å². The average molecular weight is 202 g/mol. The van der Waals surface area contributed by atoms with Gasteiger partial charge in [-0.2, -0.15) is 0 Å². The van der Waals surface area contributed by atoms with Crippen LogP contribution in [0.1, 0.15) is 11.6 Å². The standard InChI is InChI=1S/C12H14N2O/c1-2-11-10(3-4-13-11)7-9(1)12-8-15-6-5-14-12/h1-4,7,12-14H,5-6,8H2/t12-/m1/s1. The Morgan fingerprint density at radius 1 is 1.27 bits per heavy atom. The highest BCUT2D eigenvalue weighted by Crippen LogP contribution is 2.20. The summed E-state index contributed by atoms with van der Waals surface area (Å²) in [6.45, 7) is 2.54.